The second-order valence-corrected chi connectivity index (χ2v) is 7.56. The first kappa shape index (κ1) is 18.7. The highest BCUT2D eigenvalue weighted by atomic mass is 16.3. The van der Waals surface area contributed by atoms with Gasteiger partial charge in [0.15, 0.2) is 0 Å². The van der Waals surface area contributed by atoms with Crippen LogP contribution in [0.1, 0.15) is 42.1 Å². The fourth-order valence-electron chi connectivity index (χ4n) is 3.92. The zero-order chi connectivity index (χ0) is 19.8. The molecule has 3 aromatic rings. The first-order chi connectivity index (χ1) is 13.5. The molecule has 0 bridgehead atoms. The molecule has 4 rings (SSSR count). The standard InChI is InChI=1S/C21H27N5O2/c1-15-19(21(28)26(23(15)3)17-8-5-4-6-9-17)14-24-10-7-11-25-18(13-24)12-20(22-25)16(2)27/h4-6,8-9,12,16,27H,7,10-11,13-14H2,1-3H3/t16-/m1/s1. The molecule has 0 fully saturated rings. The van der Waals surface area contributed by atoms with Gasteiger partial charge in [0.1, 0.15) is 0 Å². The van der Waals surface area contributed by atoms with E-state index in [0.717, 1.165) is 48.7 Å². The zero-order valence-corrected chi connectivity index (χ0v) is 16.7. The molecular weight excluding hydrogens is 354 g/mol. The van der Waals surface area contributed by atoms with E-state index in [4.69, 9.17) is 0 Å². The first-order valence-electron chi connectivity index (χ1n) is 9.75. The van der Waals surface area contributed by atoms with Gasteiger partial charge < -0.3 is 5.11 Å². The maximum atomic E-state index is 13.2. The molecule has 1 aliphatic rings. The van der Waals surface area contributed by atoms with Gasteiger partial charge in [0.2, 0.25) is 0 Å². The van der Waals surface area contributed by atoms with Gasteiger partial charge >= 0.3 is 0 Å². The quantitative estimate of drug-likeness (QED) is 0.752. The summed E-state index contributed by atoms with van der Waals surface area (Å²) in [6, 6.07) is 11.7. The molecule has 0 aliphatic carbocycles. The van der Waals surface area contributed by atoms with Crippen LogP contribution >= 0.6 is 0 Å². The summed E-state index contributed by atoms with van der Waals surface area (Å²) >= 11 is 0. The highest BCUT2D eigenvalue weighted by molar-refractivity contribution is 5.33. The number of rotatable bonds is 4. The molecule has 0 saturated heterocycles. The third-order valence-electron chi connectivity index (χ3n) is 5.60. The maximum absolute atomic E-state index is 13.2. The van der Waals surface area contributed by atoms with Crippen molar-refractivity contribution in [3.63, 3.8) is 0 Å². The van der Waals surface area contributed by atoms with Crippen molar-refractivity contribution in [1.82, 2.24) is 24.0 Å². The summed E-state index contributed by atoms with van der Waals surface area (Å²) in [5.74, 6) is 0. The molecule has 0 amide bonds. The topological polar surface area (TPSA) is 68.2 Å². The second-order valence-electron chi connectivity index (χ2n) is 7.56. The van der Waals surface area contributed by atoms with Gasteiger partial charge in [-0.1, -0.05) is 18.2 Å². The van der Waals surface area contributed by atoms with Crippen molar-refractivity contribution in [2.75, 3.05) is 6.54 Å². The van der Waals surface area contributed by atoms with Crippen molar-refractivity contribution in [2.24, 2.45) is 7.05 Å². The van der Waals surface area contributed by atoms with E-state index < -0.39 is 6.10 Å². The largest absolute Gasteiger partial charge is 0.387 e. The van der Waals surface area contributed by atoms with Crippen molar-refractivity contribution >= 4 is 0 Å². The van der Waals surface area contributed by atoms with Gasteiger partial charge in [0.25, 0.3) is 5.56 Å². The summed E-state index contributed by atoms with van der Waals surface area (Å²) in [6.45, 7) is 6.81. The molecule has 148 valence electrons. The molecule has 0 spiro atoms. The average Bonchev–Trinajstić information content (AvgIpc) is 3.09. The molecule has 1 N–H and O–H groups in total. The summed E-state index contributed by atoms with van der Waals surface area (Å²) in [7, 11) is 1.93. The van der Waals surface area contributed by atoms with E-state index >= 15 is 0 Å². The van der Waals surface area contributed by atoms with Crippen LogP contribution in [0.3, 0.4) is 0 Å². The van der Waals surface area contributed by atoms with Crippen molar-refractivity contribution in [3.8, 4) is 5.69 Å². The molecule has 0 unspecified atom stereocenters. The van der Waals surface area contributed by atoms with E-state index in [2.05, 4.69) is 10.00 Å². The zero-order valence-electron chi connectivity index (χ0n) is 16.7. The van der Waals surface area contributed by atoms with Crippen LogP contribution in [-0.2, 0) is 26.7 Å². The van der Waals surface area contributed by atoms with E-state index in [1.165, 1.54) is 0 Å². The number of aliphatic hydroxyl groups excluding tert-OH is 1. The number of benzene rings is 1. The highest BCUT2D eigenvalue weighted by Gasteiger charge is 2.22. The lowest BCUT2D eigenvalue weighted by Crippen LogP contribution is -2.27. The molecule has 1 aromatic carbocycles. The molecule has 0 radical (unpaired) electrons. The highest BCUT2D eigenvalue weighted by Crippen LogP contribution is 2.20. The van der Waals surface area contributed by atoms with Crippen LogP contribution in [0, 0.1) is 6.92 Å². The van der Waals surface area contributed by atoms with Crippen LogP contribution in [-0.4, -0.2) is 35.7 Å². The molecule has 2 aromatic heterocycles. The van der Waals surface area contributed by atoms with Crippen LogP contribution in [0.4, 0.5) is 0 Å². The molecule has 1 atom stereocenters. The van der Waals surface area contributed by atoms with E-state index in [1.54, 1.807) is 11.6 Å². The lowest BCUT2D eigenvalue weighted by Gasteiger charge is -2.18. The number of fused-ring (bicyclic) bond motifs is 1. The Morgan fingerprint density at radius 2 is 1.96 bits per heavy atom. The Bertz CT molecular complexity index is 1030. The Kier molecular flexibility index (Phi) is 4.95. The molecular formula is C21H27N5O2. The van der Waals surface area contributed by atoms with Gasteiger partial charge in [-0.15, -0.1) is 0 Å². The third-order valence-corrected chi connectivity index (χ3v) is 5.60. The fraction of sp³-hybridized carbons (Fsp3) is 0.429. The van der Waals surface area contributed by atoms with Gasteiger partial charge in [-0.05, 0) is 38.5 Å². The Morgan fingerprint density at radius 3 is 2.68 bits per heavy atom. The van der Waals surface area contributed by atoms with Crippen LogP contribution in [0.2, 0.25) is 0 Å². The summed E-state index contributed by atoms with van der Waals surface area (Å²) in [5, 5.41) is 14.3. The minimum absolute atomic E-state index is 0.0358. The number of hydrogen-bond donors (Lipinski definition) is 1. The average molecular weight is 381 g/mol. The van der Waals surface area contributed by atoms with Crippen LogP contribution < -0.4 is 5.56 Å². The lowest BCUT2D eigenvalue weighted by atomic mass is 10.2. The van der Waals surface area contributed by atoms with Gasteiger partial charge in [-0.3, -0.25) is 19.1 Å². The SMILES string of the molecule is Cc1c(CN2CCCn3nc([C@@H](C)O)cc3C2)c(=O)n(-c2ccccc2)n1C. The van der Waals surface area contributed by atoms with Crippen molar-refractivity contribution in [3.05, 3.63) is 69.4 Å². The van der Waals surface area contributed by atoms with E-state index in [0.29, 0.717) is 12.2 Å². The fourth-order valence-corrected chi connectivity index (χ4v) is 3.92. The number of para-hydroxylation sites is 1. The van der Waals surface area contributed by atoms with Gasteiger partial charge in [-0.2, -0.15) is 5.10 Å². The van der Waals surface area contributed by atoms with Gasteiger partial charge in [0.05, 0.1) is 28.7 Å². The van der Waals surface area contributed by atoms with Crippen molar-refractivity contribution in [2.45, 2.75) is 46.0 Å². The van der Waals surface area contributed by atoms with Gasteiger partial charge in [0, 0.05) is 38.9 Å². The number of aromatic nitrogens is 4. The summed E-state index contributed by atoms with van der Waals surface area (Å²) in [6.07, 6.45) is 0.398. The Morgan fingerprint density at radius 1 is 1.21 bits per heavy atom. The normalized spacial score (nSPS) is 16.0. The van der Waals surface area contributed by atoms with E-state index in [9.17, 15) is 9.90 Å². The molecule has 7 nitrogen and oxygen atoms in total. The lowest BCUT2D eigenvalue weighted by molar-refractivity contribution is 0.193. The van der Waals surface area contributed by atoms with Crippen LogP contribution in [0.15, 0.2) is 41.2 Å². The summed E-state index contributed by atoms with van der Waals surface area (Å²) in [4.78, 5) is 15.5. The summed E-state index contributed by atoms with van der Waals surface area (Å²) < 4.78 is 5.65. The van der Waals surface area contributed by atoms with E-state index in [-0.39, 0.29) is 5.56 Å². The Hall–Kier alpha value is -2.64. The van der Waals surface area contributed by atoms with E-state index in [1.807, 2.05) is 59.7 Å². The minimum Gasteiger partial charge on any atom is -0.387 e. The second kappa shape index (κ2) is 7.41. The third kappa shape index (κ3) is 3.31. The molecule has 3 heterocycles. The summed E-state index contributed by atoms with van der Waals surface area (Å²) in [5.41, 5.74) is 4.52. The predicted molar refractivity (Wildman–Crippen MR) is 107 cm³/mol. The first-order valence-corrected chi connectivity index (χ1v) is 9.75. The van der Waals surface area contributed by atoms with Crippen molar-refractivity contribution in [1.29, 1.82) is 0 Å². The number of hydrogen-bond acceptors (Lipinski definition) is 4. The Balaban J connectivity index is 1.63. The smallest absolute Gasteiger partial charge is 0.276 e. The maximum Gasteiger partial charge on any atom is 0.276 e. The van der Waals surface area contributed by atoms with Crippen molar-refractivity contribution < 1.29 is 5.11 Å². The Labute approximate surface area is 164 Å². The predicted octanol–water partition coefficient (Wildman–Crippen LogP) is 2.14. The van der Waals surface area contributed by atoms with Crippen LogP contribution in [0.5, 0.6) is 0 Å². The van der Waals surface area contributed by atoms with Gasteiger partial charge in [-0.25, -0.2) is 4.68 Å². The molecule has 28 heavy (non-hydrogen) atoms. The number of aryl methyl sites for hydroxylation is 1. The molecule has 1 aliphatic heterocycles. The number of aliphatic hydroxyl groups is 1. The monoisotopic (exact) mass is 381 g/mol. The molecule has 0 saturated carbocycles. The molecule has 7 heteroatoms. The minimum atomic E-state index is -0.567. The number of nitrogens with zero attached hydrogens (tertiary/aromatic N) is 5. The van der Waals surface area contributed by atoms with Crippen LogP contribution in [0.25, 0.3) is 5.69 Å².